The Morgan fingerprint density at radius 3 is 2.83 bits per heavy atom. The van der Waals surface area contributed by atoms with Crippen molar-refractivity contribution in [2.24, 2.45) is 5.90 Å². The van der Waals surface area contributed by atoms with Crippen molar-refractivity contribution in [2.75, 3.05) is 0 Å². The summed E-state index contributed by atoms with van der Waals surface area (Å²) in [6.07, 6.45) is 0. The van der Waals surface area contributed by atoms with Gasteiger partial charge in [-0.25, -0.2) is 10.3 Å². The Balaban J connectivity index is 3.05. The molecule has 1 rings (SSSR count). The summed E-state index contributed by atoms with van der Waals surface area (Å²) in [5, 5.41) is 0.0904. The van der Waals surface area contributed by atoms with Crippen molar-refractivity contribution in [1.29, 1.82) is 0 Å². The van der Waals surface area contributed by atoms with Gasteiger partial charge < -0.3 is 0 Å². The van der Waals surface area contributed by atoms with Gasteiger partial charge in [0.2, 0.25) is 0 Å². The van der Waals surface area contributed by atoms with Gasteiger partial charge in [-0.1, -0.05) is 11.6 Å². The zero-order chi connectivity index (χ0) is 9.14. The number of hydrogen-bond donors (Lipinski definition) is 1. The first kappa shape index (κ1) is 9.45. The highest BCUT2D eigenvalue weighted by atomic mass is 35.5. The summed E-state index contributed by atoms with van der Waals surface area (Å²) in [6.45, 7) is 2.01. The number of hydrogen-bond acceptors (Lipinski definition) is 2. The summed E-state index contributed by atoms with van der Waals surface area (Å²) in [6, 6.07) is 2.87. The van der Waals surface area contributed by atoms with Crippen LogP contribution in [0.4, 0.5) is 4.39 Å². The molecule has 0 aromatic heterocycles. The molecule has 0 aliphatic heterocycles. The van der Waals surface area contributed by atoms with Crippen molar-refractivity contribution in [3.8, 4) is 0 Å². The monoisotopic (exact) mass is 189 g/mol. The van der Waals surface area contributed by atoms with Gasteiger partial charge >= 0.3 is 0 Å². The molecule has 0 heterocycles. The standard InChI is InChI=1S/C8H9ClFNO/c1-5-2-8(10)7(9)3-6(5)4-12-11/h2-3H,4,11H2,1H3. The summed E-state index contributed by atoms with van der Waals surface area (Å²) in [5.41, 5.74) is 1.58. The summed E-state index contributed by atoms with van der Waals surface area (Å²) in [7, 11) is 0. The van der Waals surface area contributed by atoms with E-state index in [1.54, 1.807) is 6.92 Å². The third-order valence-corrected chi connectivity index (χ3v) is 1.91. The minimum Gasteiger partial charge on any atom is -0.300 e. The fourth-order valence-corrected chi connectivity index (χ4v) is 1.12. The van der Waals surface area contributed by atoms with Crippen molar-refractivity contribution in [3.63, 3.8) is 0 Å². The lowest BCUT2D eigenvalue weighted by atomic mass is 10.1. The number of halogens is 2. The summed E-state index contributed by atoms with van der Waals surface area (Å²) < 4.78 is 12.8. The zero-order valence-electron chi connectivity index (χ0n) is 6.60. The Hall–Kier alpha value is -0.640. The molecule has 1 aromatic rings. The fourth-order valence-electron chi connectivity index (χ4n) is 0.933. The third-order valence-electron chi connectivity index (χ3n) is 1.62. The van der Waals surface area contributed by atoms with E-state index in [0.29, 0.717) is 0 Å². The molecule has 0 saturated carbocycles. The molecular weight excluding hydrogens is 181 g/mol. The van der Waals surface area contributed by atoms with Crippen LogP contribution < -0.4 is 5.90 Å². The molecule has 0 aliphatic carbocycles. The molecule has 1 aromatic carbocycles. The van der Waals surface area contributed by atoms with Crippen LogP contribution in [0.2, 0.25) is 5.02 Å². The predicted molar refractivity (Wildman–Crippen MR) is 45.1 cm³/mol. The first-order chi connectivity index (χ1) is 5.65. The average molecular weight is 190 g/mol. The lowest BCUT2D eigenvalue weighted by Crippen LogP contribution is -2.01. The van der Waals surface area contributed by atoms with Crippen LogP contribution >= 0.6 is 11.6 Å². The van der Waals surface area contributed by atoms with Crippen LogP contribution in [0.5, 0.6) is 0 Å². The molecule has 0 fully saturated rings. The molecule has 4 heteroatoms. The average Bonchev–Trinajstić information content (AvgIpc) is 2.01. The molecule has 0 amide bonds. The maximum absolute atomic E-state index is 12.8. The van der Waals surface area contributed by atoms with Gasteiger partial charge in [0.1, 0.15) is 5.82 Å². The highest BCUT2D eigenvalue weighted by Gasteiger charge is 2.04. The van der Waals surface area contributed by atoms with Crippen LogP contribution in [0.3, 0.4) is 0 Å². The minimum absolute atomic E-state index is 0.0904. The van der Waals surface area contributed by atoms with Gasteiger partial charge in [0.25, 0.3) is 0 Å². The van der Waals surface area contributed by atoms with Crippen LogP contribution in [0.15, 0.2) is 12.1 Å². The Bertz CT molecular complexity index is 291. The summed E-state index contributed by atoms with van der Waals surface area (Å²) in [4.78, 5) is 4.42. The Morgan fingerprint density at radius 2 is 2.25 bits per heavy atom. The van der Waals surface area contributed by atoms with E-state index in [4.69, 9.17) is 17.5 Å². The van der Waals surface area contributed by atoms with E-state index in [1.807, 2.05) is 0 Å². The highest BCUT2D eigenvalue weighted by molar-refractivity contribution is 6.30. The van der Waals surface area contributed by atoms with E-state index in [9.17, 15) is 4.39 Å². The smallest absolute Gasteiger partial charge is 0.142 e. The fraction of sp³-hybridized carbons (Fsp3) is 0.250. The van der Waals surface area contributed by atoms with Gasteiger partial charge in [-0.2, -0.15) is 0 Å². The van der Waals surface area contributed by atoms with Gasteiger partial charge in [-0.3, -0.25) is 4.84 Å². The Labute approximate surface area is 75.0 Å². The molecule has 0 saturated heterocycles. The first-order valence-electron chi connectivity index (χ1n) is 3.41. The van der Waals surface area contributed by atoms with E-state index >= 15 is 0 Å². The molecule has 0 unspecified atom stereocenters. The molecule has 66 valence electrons. The Kier molecular flexibility index (Phi) is 3.03. The lowest BCUT2D eigenvalue weighted by molar-refractivity contribution is 0.123. The van der Waals surface area contributed by atoms with Crippen molar-refractivity contribution < 1.29 is 9.23 Å². The zero-order valence-corrected chi connectivity index (χ0v) is 7.36. The van der Waals surface area contributed by atoms with Gasteiger partial charge in [0, 0.05) is 0 Å². The number of nitrogens with two attached hydrogens (primary N) is 1. The molecule has 2 N–H and O–H groups in total. The molecule has 2 nitrogen and oxygen atoms in total. The molecular formula is C8H9ClFNO. The minimum atomic E-state index is -0.421. The number of benzene rings is 1. The maximum atomic E-state index is 12.8. The SMILES string of the molecule is Cc1cc(F)c(Cl)cc1CON. The van der Waals surface area contributed by atoms with Gasteiger partial charge in [-0.15, -0.1) is 0 Å². The summed E-state index contributed by atoms with van der Waals surface area (Å²) in [5.74, 6) is 4.46. The first-order valence-corrected chi connectivity index (χ1v) is 3.79. The highest BCUT2D eigenvalue weighted by Crippen LogP contribution is 2.19. The predicted octanol–water partition coefficient (Wildman–Crippen LogP) is 2.18. The van der Waals surface area contributed by atoms with E-state index in [2.05, 4.69) is 4.84 Å². The lowest BCUT2D eigenvalue weighted by Gasteiger charge is -2.04. The van der Waals surface area contributed by atoms with Gasteiger partial charge in [0.15, 0.2) is 0 Å². The van der Waals surface area contributed by atoms with E-state index in [-0.39, 0.29) is 11.6 Å². The third kappa shape index (κ3) is 1.94. The van der Waals surface area contributed by atoms with Crippen molar-refractivity contribution in [1.82, 2.24) is 0 Å². The molecule has 0 aliphatic rings. The van der Waals surface area contributed by atoms with Gasteiger partial charge in [-0.05, 0) is 30.2 Å². The van der Waals surface area contributed by atoms with Crippen LogP contribution in [0.25, 0.3) is 0 Å². The summed E-state index contributed by atoms with van der Waals surface area (Å²) >= 11 is 5.55. The second kappa shape index (κ2) is 3.85. The quantitative estimate of drug-likeness (QED) is 0.724. The number of rotatable bonds is 2. The molecule has 0 spiro atoms. The van der Waals surface area contributed by atoms with E-state index < -0.39 is 5.82 Å². The van der Waals surface area contributed by atoms with Crippen molar-refractivity contribution in [3.05, 3.63) is 34.1 Å². The Morgan fingerprint density at radius 1 is 1.58 bits per heavy atom. The van der Waals surface area contributed by atoms with E-state index in [0.717, 1.165) is 11.1 Å². The second-order valence-corrected chi connectivity index (χ2v) is 2.91. The second-order valence-electron chi connectivity index (χ2n) is 2.50. The van der Waals surface area contributed by atoms with Gasteiger partial charge in [0.05, 0.1) is 11.6 Å². The molecule has 0 radical (unpaired) electrons. The van der Waals surface area contributed by atoms with Crippen molar-refractivity contribution in [2.45, 2.75) is 13.5 Å². The van der Waals surface area contributed by atoms with E-state index in [1.165, 1.54) is 12.1 Å². The normalized spacial score (nSPS) is 10.3. The topological polar surface area (TPSA) is 35.2 Å². The van der Waals surface area contributed by atoms with Crippen molar-refractivity contribution >= 4 is 11.6 Å². The molecule has 0 bridgehead atoms. The van der Waals surface area contributed by atoms with Crippen LogP contribution in [-0.2, 0) is 11.4 Å². The van der Waals surface area contributed by atoms with Crippen LogP contribution in [-0.4, -0.2) is 0 Å². The van der Waals surface area contributed by atoms with Crippen LogP contribution in [0.1, 0.15) is 11.1 Å². The molecule has 0 atom stereocenters. The number of aryl methyl sites for hydroxylation is 1. The molecule has 12 heavy (non-hydrogen) atoms. The largest absolute Gasteiger partial charge is 0.300 e. The maximum Gasteiger partial charge on any atom is 0.142 e. The van der Waals surface area contributed by atoms with Crippen LogP contribution in [0, 0.1) is 12.7 Å².